The summed E-state index contributed by atoms with van der Waals surface area (Å²) in [7, 11) is -3.41. The molecule has 0 aromatic heterocycles. The van der Waals surface area contributed by atoms with E-state index < -0.39 is 10.0 Å². The molecule has 1 unspecified atom stereocenters. The second-order valence-corrected chi connectivity index (χ2v) is 7.58. The molecule has 4 nitrogen and oxygen atoms in total. The Hall–Kier alpha value is -1.07. The Labute approximate surface area is 128 Å². The SMILES string of the molecule is CCCCCCC(C)NS(=O)(=O)c1ccc2c(c1)NCC2. The largest absolute Gasteiger partial charge is 0.384 e. The molecule has 0 bridgehead atoms. The molecule has 2 rings (SSSR count). The number of rotatable bonds is 8. The molecule has 0 radical (unpaired) electrons. The Balaban J connectivity index is 1.95. The Bertz CT molecular complexity index is 570. The van der Waals surface area contributed by atoms with Crippen molar-refractivity contribution in [2.45, 2.75) is 63.3 Å². The summed E-state index contributed by atoms with van der Waals surface area (Å²) >= 11 is 0. The third-order valence-corrected chi connectivity index (χ3v) is 5.54. The van der Waals surface area contributed by atoms with Crippen LogP contribution in [0.4, 0.5) is 5.69 Å². The van der Waals surface area contributed by atoms with E-state index in [4.69, 9.17) is 0 Å². The molecule has 0 saturated heterocycles. The lowest BCUT2D eigenvalue weighted by atomic mass is 10.1. The first-order valence-corrected chi connectivity index (χ1v) is 9.40. The van der Waals surface area contributed by atoms with Crippen molar-refractivity contribution in [3.8, 4) is 0 Å². The van der Waals surface area contributed by atoms with Crippen molar-refractivity contribution in [2.24, 2.45) is 0 Å². The van der Waals surface area contributed by atoms with Crippen LogP contribution in [0.5, 0.6) is 0 Å². The number of hydrogen-bond donors (Lipinski definition) is 2. The number of benzene rings is 1. The number of fused-ring (bicyclic) bond motifs is 1. The van der Waals surface area contributed by atoms with Gasteiger partial charge < -0.3 is 5.32 Å². The van der Waals surface area contributed by atoms with Crippen LogP contribution in [0.15, 0.2) is 23.1 Å². The van der Waals surface area contributed by atoms with E-state index in [0.29, 0.717) is 4.90 Å². The van der Waals surface area contributed by atoms with Gasteiger partial charge in [0.15, 0.2) is 0 Å². The van der Waals surface area contributed by atoms with Crippen LogP contribution in [-0.4, -0.2) is 21.0 Å². The standard InChI is InChI=1S/C16H26N2O2S/c1-3-4-5-6-7-13(2)18-21(19,20)15-9-8-14-10-11-17-16(14)12-15/h8-9,12-13,17-18H,3-7,10-11H2,1-2H3. The van der Waals surface area contributed by atoms with E-state index in [1.165, 1.54) is 24.8 Å². The van der Waals surface area contributed by atoms with E-state index in [2.05, 4.69) is 17.0 Å². The summed E-state index contributed by atoms with van der Waals surface area (Å²) in [6.07, 6.45) is 6.52. The third-order valence-electron chi connectivity index (χ3n) is 3.95. The lowest BCUT2D eigenvalue weighted by molar-refractivity contribution is 0.522. The normalized spacial score (nSPS) is 15.5. The van der Waals surface area contributed by atoms with Crippen molar-refractivity contribution in [2.75, 3.05) is 11.9 Å². The molecule has 2 N–H and O–H groups in total. The zero-order valence-electron chi connectivity index (χ0n) is 13.0. The molecule has 0 aliphatic carbocycles. The predicted octanol–water partition coefficient (Wildman–Crippen LogP) is 3.29. The number of nitrogens with one attached hydrogen (secondary N) is 2. The average Bonchev–Trinajstić information content (AvgIpc) is 2.90. The van der Waals surface area contributed by atoms with Crippen molar-refractivity contribution in [1.82, 2.24) is 4.72 Å². The monoisotopic (exact) mass is 310 g/mol. The number of hydrogen-bond acceptors (Lipinski definition) is 3. The Kier molecular flexibility index (Phi) is 5.65. The fourth-order valence-electron chi connectivity index (χ4n) is 2.71. The highest BCUT2D eigenvalue weighted by Crippen LogP contribution is 2.25. The van der Waals surface area contributed by atoms with Gasteiger partial charge in [0.1, 0.15) is 0 Å². The first-order valence-electron chi connectivity index (χ1n) is 7.92. The minimum absolute atomic E-state index is 0.0203. The highest BCUT2D eigenvalue weighted by Gasteiger charge is 2.20. The van der Waals surface area contributed by atoms with Crippen molar-refractivity contribution in [1.29, 1.82) is 0 Å². The van der Waals surface area contributed by atoms with Crippen molar-refractivity contribution < 1.29 is 8.42 Å². The average molecular weight is 310 g/mol. The number of anilines is 1. The Morgan fingerprint density at radius 1 is 1.29 bits per heavy atom. The van der Waals surface area contributed by atoms with E-state index in [0.717, 1.165) is 31.5 Å². The van der Waals surface area contributed by atoms with Gasteiger partial charge in [-0.05, 0) is 37.5 Å². The molecule has 118 valence electrons. The van der Waals surface area contributed by atoms with Gasteiger partial charge in [-0.15, -0.1) is 0 Å². The predicted molar refractivity (Wildman–Crippen MR) is 87.2 cm³/mol. The van der Waals surface area contributed by atoms with Gasteiger partial charge >= 0.3 is 0 Å². The van der Waals surface area contributed by atoms with Gasteiger partial charge in [0.05, 0.1) is 4.90 Å². The molecule has 1 aromatic carbocycles. The molecule has 0 spiro atoms. The van der Waals surface area contributed by atoms with E-state index in [9.17, 15) is 8.42 Å². The van der Waals surface area contributed by atoms with Gasteiger partial charge in [-0.2, -0.15) is 0 Å². The van der Waals surface area contributed by atoms with E-state index in [1.807, 2.05) is 13.0 Å². The van der Waals surface area contributed by atoms with E-state index >= 15 is 0 Å². The van der Waals surface area contributed by atoms with Gasteiger partial charge in [0.25, 0.3) is 0 Å². The maximum absolute atomic E-state index is 12.4. The van der Waals surface area contributed by atoms with Crippen LogP contribution in [0.3, 0.4) is 0 Å². The Morgan fingerprint density at radius 2 is 2.10 bits per heavy atom. The van der Waals surface area contributed by atoms with Crippen LogP contribution in [0.2, 0.25) is 0 Å². The zero-order chi connectivity index (χ0) is 15.3. The summed E-state index contributed by atoms with van der Waals surface area (Å²) in [6.45, 7) is 5.00. The smallest absolute Gasteiger partial charge is 0.240 e. The van der Waals surface area contributed by atoms with E-state index in [1.54, 1.807) is 12.1 Å². The summed E-state index contributed by atoms with van der Waals surface area (Å²) in [4.78, 5) is 0.357. The molecule has 0 amide bonds. The van der Waals surface area contributed by atoms with Crippen LogP contribution in [0.25, 0.3) is 0 Å². The van der Waals surface area contributed by atoms with Gasteiger partial charge in [-0.1, -0.05) is 38.7 Å². The van der Waals surface area contributed by atoms with Crippen LogP contribution in [0, 0.1) is 0 Å². The maximum atomic E-state index is 12.4. The van der Waals surface area contributed by atoms with Crippen molar-refractivity contribution in [3.63, 3.8) is 0 Å². The minimum atomic E-state index is -3.41. The summed E-state index contributed by atoms with van der Waals surface area (Å²) in [5.74, 6) is 0. The molecule has 1 heterocycles. The fraction of sp³-hybridized carbons (Fsp3) is 0.625. The summed E-state index contributed by atoms with van der Waals surface area (Å²) in [5, 5.41) is 3.22. The summed E-state index contributed by atoms with van der Waals surface area (Å²) in [6, 6.07) is 5.34. The summed E-state index contributed by atoms with van der Waals surface area (Å²) < 4.78 is 27.6. The second-order valence-electron chi connectivity index (χ2n) is 5.87. The first-order chi connectivity index (χ1) is 10.0. The van der Waals surface area contributed by atoms with Gasteiger partial charge in [-0.25, -0.2) is 13.1 Å². The minimum Gasteiger partial charge on any atom is -0.384 e. The first kappa shape index (κ1) is 16.3. The molecule has 1 aliphatic rings. The second kappa shape index (κ2) is 7.27. The molecule has 0 saturated carbocycles. The number of sulfonamides is 1. The Morgan fingerprint density at radius 3 is 2.86 bits per heavy atom. The molecule has 0 fully saturated rings. The highest BCUT2D eigenvalue weighted by molar-refractivity contribution is 7.89. The van der Waals surface area contributed by atoms with Crippen molar-refractivity contribution >= 4 is 15.7 Å². The number of unbranched alkanes of at least 4 members (excludes halogenated alkanes) is 3. The molecular weight excluding hydrogens is 284 g/mol. The van der Waals surface area contributed by atoms with Crippen molar-refractivity contribution in [3.05, 3.63) is 23.8 Å². The highest BCUT2D eigenvalue weighted by atomic mass is 32.2. The quantitative estimate of drug-likeness (QED) is 0.724. The van der Waals surface area contributed by atoms with Crippen LogP contribution < -0.4 is 10.0 Å². The summed E-state index contributed by atoms with van der Waals surface area (Å²) in [5.41, 5.74) is 2.15. The topological polar surface area (TPSA) is 58.2 Å². The lowest BCUT2D eigenvalue weighted by Gasteiger charge is -2.14. The van der Waals surface area contributed by atoms with Crippen LogP contribution in [-0.2, 0) is 16.4 Å². The maximum Gasteiger partial charge on any atom is 0.240 e. The molecule has 1 aromatic rings. The molecular formula is C16H26N2O2S. The lowest BCUT2D eigenvalue weighted by Crippen LogP contribution is -2.32. The zero-order valence-corrected chi connectivity index (χ0v) is 13.8. The molecule has 5 heteroatoms. The van der Waals surface area contributed by atoms with Gasteiger partial charge in [0, 0.05) is 18.3 Å². The van der Waals surface area contributed by atoms with Crippen LogP contribution >= 0.6 is 0 Å². The fourth-order valence-corrected chi connectivity index (χ4v) is 4.01. The molecule has 1 aliphatic heterocycles. The van der Waals surface area contributed by atoms with E-state index in [-0.39, 0.29) is 6.04 Å². The molecule has 21 heavy (non-hydrogen) atoms. The van der Waals surface area contributed by atoms with Gasteiger partial charge in [0.2, 0.25) is 10.0 Å². The van der Waals surface area contributed by atoms with Crippen LogP contribution in [0.1, 0.15) is 51.5 Å². The van der Waals surface area contributed by atoms with Gasteiger partial charge in [-0.3, -0.25) is 0 Å². The molecule has 1 atom stereocenters. The third kappa shape index (κ3) is 4.45.